The van der Waals surface area contributed by atoms with E-state index in [9.17, 15) is 4.79 Å². The number of nitrogens with two attached hydrogens (primary N) is 1. The third kappa shape index (κ3) is 5.30. The minimum absolute atomic E-state index is 0.190. The van der Waals surface area contributed by atoms with Gasteiger partial charge in [0.25, 0.3) is 0 Å². The molecule has 1 saturated heterocycles. The predicted octanol–water partition coefficient (Wildman–Crippen LogP) is 4.85. The summed E-state index contributed by atoms with van der Waals surface area (Å²) in [5, 5.41) is 1.08. The quantitative estimate of drug-likeness (QED) is 0.579. The van der Waals surface area contributed by atoms with E-state index in [1.807, 2.05) is 11.1 Å². The number of fused-ring (bicyclic) bond motifs is 1. The Morgan fingerprint density at radius 1 is 1.21 bits per heavy atom. The van der Waals surface area contributed by atoms with Crippen LogP contribution >= 0.6 is 0 Å². The number of amides is 1. The molecule has 0 saturated carbocycles. The van der Waals surface area contributed by atoms with E-state index >= 15 is 0 Å². The second kappa shape index (κ2) is 11.2. The first kappa shape index (κ1) is 26.3. The monoisotopic (exact) mass is 512 g/mol. The molecule has 0 radical (unpaired) electrons. The fourth-order valence-corrected chi connectivity index (χ4v) is 6.13. The molecule has 5 rings (SSSR count). The van der Waals surface area contributed by atoms with Crippen molar-refractivity contribution in [3.8, 4) is 0 Å². The van der Waals surface area contributed by atoms with Crippen molar-refractivity contribution in [2.24, 2.45) is 16.6 Å². The number of aliphatic imine (C=N–C) groups is 1. The van der Waals surface area contributed by atoms with Gasteiger partial charge in [0.05, 0.1) is 5.52 Å². The summed E-state index contributed by atoms with van der Waals surface area (Å²) in [4.78, 5) is 31.3. The topological polar surface area (TPSA) is 87.7 Å². The Kier molecular flexibility index (Phi) is 7.75. The number of carbonyl (C=O) groups excluding carboxylic acids is 1. The molecule has 2 N–H and O–H groups in total. The zero-order chi connectivity index (χ0) is 26.8. The Balaban J connectivity index is 1.44. The van der Waals surface area contributed by atoms with Gasteiger partial charge in [0.2, 0.25) is 5.91 Å². The van der Waals surface area contributed by atoms with Gasteiger partial charge in [-0.3, -0.25) is 4.79 Å². The molecule has 1 fully saturated rings. The summed E-state index contributed by atoms with van der Waals surface area (Å²) >= 11 is 0. The molecule has 2 aromatic rings. The van der Waals surface area contributed by atoms with Crippen LogP contribution in [0.5, 0.6) is 0 Å². The lowest BCUT2D eigenvalue weighted by molar-refractivity contribution is -0.128. The van der Waals surface area contributed by atoms with E-state index < -0.39 is 0 Å². The molecule has 1 aromatic heterocycles. The van der Waals surface area contributed by atoms with Crippen LogP contribution in [0.2, 0.25) is 0 Å². The third-order valence-corrected chi connectivity index (χ3v) is 8.37. The number of carbonyl (C=O) groups is 1. The number of rotatable bonds is 5. The molecule has 2 aliphatic heterocycles. The third-order valence-electron chi connectivity index (χ3n) is 8.37. The summed E-state index contributed by atoms with van der Waals surface area (Å²) in [7, 11) is 1.80. The van der Waals surface area contributed by atoms with E-state index in [0.29, 0.717) is 5.92 Å². The Labute approximate surface area is 226 Å². The van der Waals surface area contributed by atoms with Gasteiger partial charge in [-0.05, 0) is 85.9 Å². The van der Waals surface area contributed by atoms with Crippen LogP contribution in [-0.2, 0) is 4.79 Å². The lowest BCUT2D eigenvalue weighted by atomic mass is 9.80. The van der Waals surface area contributed by atoms with Crippen molar-refractivity contribution < 1.29 is 4.79 Å². The standard InChI is InChI=1S/C31H40N6O/c1-20(6-5-10-33-4)23-15-22(3)29-28(17-23)30(35-19-34-29)37-13-9-27-21(2)14-24(16-25(27)18-37)31(38)36-11-7-26(32)8-12-36/h6,10,15-17,19,21,26H,5,7-9,11-14,18,32H2,1-4H3/b20-6+,33-10?. The molecule has 1 amide bonds. The Hall–Kier alpha value is -3.32. The van der Waals surface area contributed by atoms with Crippen molar-refractivity contribution in [2.45, 2.75) is 58.9 Å². The van der Waals surface area contributed by atoms with Crippen molar-refractivity contribution in [1.82, 2.24) is 14.9 Å². The number of aromatic nitrogens is 2. The summed E-state index contributed by atoms with van der Waals surface area (Å²) in [6, 6.07) is 4.66. The predicted molar refractivity (Wildman–Crippen MR) is 156 cm³/mol. The number of nitrogens with zero attached hydrogens (tertiary/aromatic N) is 5. The molecule has 0 spiro atoms. The molecule has 38 heavy (non-hydrogen) atoms. The molecule has 3 heterocycles. The number of anilines is 1. The minimum Gasteiger partial charge on any atom is -0.351 e. The van der Waals surface area contributed by atoms with Crippen LogP contribution in [0.15, 0.2) is 52.3 Å². The highest BCUT2D eigenvalue weighted by molar-refractivity contribution is 5.96. The van der Waals surface area contributed by atoms with Crippen LogP contribution in [0.1, 0.15) is 57.1 Å². The number of benzene rings is 1. The van der Waals surface area contributed by atoms with Crippen molar-refractivity contribution in [3.63, 3.8) is 0 Å². The number of hydrogen-bond donors (Lipinski definition) is 1. The minimum atomic E-state index is 0.190. The van der Waals surface area contributed by atoms with E-state index in [1.54, 1.807) is 13.4 Å². The number of aryl methyl sites for hydroxylation is 1. The maximum Gasteiger partial charge on any atom is 0.249 e. The first-order chi connectivity index (χ1) is 18.4. The Morgan fingerprint density at radius 2 is 2.00 bits per heavy atom. The van der Waals surface area contributed by atoms with Gasteiger partial charge >= 0.3 is 0 Å². The number of hydrogen-bond acceptors (Lipinski definition) is 6. The van der Waals surface area contributed by atoms with Crippen molar-refractivity contribution in [2.75, 3.05) is 38.1 Å². The van der Waals surface area contributed by atoms with E-state index in [-0.39, 0.29) is 11.9 Å². The van der Waals surface area contributed by atoms with Gasteiger partial charge in [0, 0.05) is 62.9 Å². The van der Waals surface area contributed by atoms with Crippen molar-refractivity contribution in [3.05, 3.63) is 58.5 Å². The fraction of sp³-hybridized carbons (Fsp3) is 0.484. The number of allylic oxidation sites excluding steroid dienone is 2. The number of likely N-dealkylation sites (tertiary alicyclic amines) is 1. The summed E-state index contributed by atoms with van der Waals surface area (Å²) in [5.74, 6) is 1.55. The highest BCUT2D eigenvalue weighted by atomic mass is 16.2. The maximum atomic E-state index is 13.4. The molecule has 0 bridgehead atoms. The van der Waals surface area contributed by atoms with Crippen LogP contribution in [0.25, 0.3) is 16.5 Å². The molecule has 1 aliphatic carbocycles. The molecule has 7 nitrogen and oxygen atoms in total. The highest BCUT2D eigenvalue weighted by Gasteiger charge is 2.31. The fourth-order valence-electron chi connectivity index (χ4n) is 6.13. The Morgan fingerprint density at radius 3 is 2.76 bits per heavy atom. The van der Waals surface area contributed by atoms with E-state index in [0.717, 1.165) is 86.1 Å². The smallest absolute Gasteiger partial charge is 0.249 e. The van der Waals surface area contributed by atoms with Crippen molar-refractivity contribution >= 4 is 34.4 Å². The first-order valence-electron chi connectivity index (χ1n) is 13.9. The molecular weight excluding hydrogens is 472 g/mol. The van der Waals surface area contributed by atoms with E-state index in [2.05, 4.69) is 59.9 Å². The van der Waals surface area contributed by atoms with Gasteiger partial charge in [-0.25, -0.2) is 9.97 Å². The second-order valence-electron chi connectivity index (χ2n) is 11.1. The lowest BCUT2D eigenvalue weighted by Gasteiger charge is -2.37. The molecule has 3 aliphatic rings. The highest BCUT2D eigenvalue weighted by Crippen LogP contribution is 2.38. The van der Waals surface area contributed by atoms with Crippen LogP contribution in [0, 0.1) is 12.8 Å². The molecule has 1 aromatic carbocycles. The molecular formula is C31H40N6O. The second-order valence-corrected chi connectivity index (χ2v) is 11.1. The van der Waals surface area contributed by atoms with Crippen LogP contribution in [-0.4, -0.2) is 66.3 Å². The van der Waals surface area contributed by atoms with Gasteiger partial charge in [-0.2, -0.15) is 0 Å². The summed E-state index contributed by atoms with van der Waals surface area (Å²) in [6.07, 6.45) is 12.4. The lowest BCUT2D eigenvalue weighted by Crippen LogP contribution is -2.44. The van der Waals surface area contributed by atoms with Gasteiger partial charge in [0.1, 0.15) is 12.1 Å². The molecule has 1 atom stereocenters. The molecule has 7 heteroatoms. The van der Waals surface area contributed by atoms with Gasteiger partial charge in [-0.1, -0.05) is 18.6 Å². The van der Waals surface area contributed by atoms with Gasteiger partial charge < -0.3 is 20.5 Å². The summed E-state index contributed by atoms with van der Waals surface area (Å²) in [5.41, 5.74) is 14.3. The molecule has 200 valence electrons. The number of piperidine rings is 1. The van der Waals surface area contributed by atoms with E-state index in [1.165, 1.54) is 22.3 Å². The SMILES string of the molecule is CN=CC/C=C(\C)c1cc(C)c2ncnc(N3CCC4=C(C=C(C(=O)N5CCC(N)CC5)CC4C)C3)c2c1. The summed E-state index contributed by atoms with van der Waals surface area (Å²) in [6.45, 7) is 9.74. The largest absolute Gasteiger partial charge is 0.351 e. The first-order valence-corrected chi connectivity index (χ1v) is 13.9. The van der Waals surface area contributed by atoms with Gasteiger partial charge in [-0.15, -0.1) is 0 Å². The average Bonchev–Trinajstić information content (AvgIpc) is 2.92. The average molecular weight is 513 g/mol. The maximum absolute atomic E-state index is 13.4. The van der Waals surface area contributed by atoms with Crippen molar-refractivity contribution in [1.29, 1.82) is 0 Å². The normalized spacial score (nSPS) is 21.3. The zero-order valence-electron chi connectivity index (χ0n) is 23.2. The summed E-state index contributed by atoms with van der Waals surface area (Å²) < 4.78 is 0. The van der Waals surface area contributed by atoms with E-state index in [4.69, 9.17) is 10.7 Å². The zero-order valence-corrected chi connectivity index (χ0v) is 23.2. The van der Waals surface area contributed by atoms with Gasteiger partial charge in [0.15, 0.2) is 0 Å². The van der Waals surface area contributed by atoms with Crippen LogP contribution in [0.4, 0.5) is 5.82 Å². The Bertz CT molecular complexity index is 1350. The van der Waals surface area contributed by atoms with Crippen LogP contribution < -0.4 is 10.6 Å². The van der Waals surface area contributed by atoms with Crippen LogP contribution in [0.3, 0.4) is 0 Å². The molecule has 1 unspecified atom stereocenters.